The van der Waals surface area contributed by atoms with E-state index in [1.165, 1.54) is 0 Å². The summed E-state index contributed by atoms with van der Waals surface area (Å²) in [7, 11) is 0. The number of nitrogens with zero attached hydrogens (tertiary/aromatic N) is 1. The topological polar surface area (TPSA) is 12.5 Å². The zero-order valence-electron chi connectivity index (χ0n) is 10.4. The maximum atomic E-state index is 5.92. The van der Waals surface area contributed by atoms with E-state index in [4.69, 9.17) is 4.74 Å². The molecule has 0 unspecified atom stereocenters. The second-order valence-electron chi connectivity index (χ2n) is 4.58. The van der Waals surface area contributed by atoms with Crippen molar-refractivity contribution in [2.24, 2.45) is 0 Å². The van der Waals surface area contributed by atoms with E-state index >= 15 is 0 Å². The van der Waals surface area contributed by atoms with Gasteiger partial charge in [0.15, 0.2) is 11.5 Å². The zero-order valence-corrected chi connectivity index (χ0v) is 10.4. The summed E-state index contributed by atoms with van der Waals surface area (Å²) in [6.07, 6.45) is 0. The lowest BCUT2D eigenvalue weighted by Crippen LogP contribution is -2.22. The van der Waals surface area contributed by atoms with Crippen LogP contribution in [0.4, 0.5) is 11.4 Å². The summed E-state index contributed by atoms with van der Waals surface area (Å²) in [6, 6.07) is 16.2. The first-order valence-electron chi connectivity index (χ1n) is 6.03. The molecule has 1 heterocycles. The lowest BCUT2D eigenvalue weighted by atomic mass is 10.1. The van der Waals surface area contributed by atoms with Gasteiger partial charge in [-0.2, -0.15) is 0 Å². The van der Waals surface area contributed by atoms with Crippen LogP contribution in [-0.2, 0) is 0 Å². The highest BCUT2D eigenvalue weighted by molar-refractivity contribution is 5.78. The van der Waals surface area contributed by atoms with Crippen molar-refractivity contribution in [1.29, 1.82) is 0 Å². The van der Waals surface area contributed by atoms with Crippen molar-refractivity contribution < 1.29 is 4.74 Å². The first-order valence-corrected chi connectivity index (χ1v) is 6.03. The Bertz CT molecular complexity index is 558. The van der Waals surface area contributed by atoms with E-state index in [0.29, 0.717) is 0 Å². The number of hydrogen-bond acceptors (Lipinski definition) is 2. The second-order valence-corrected chi connectivity index (χ2v) is 4.58. The average Bonchev–Trinajstić information content (AvgIpc) is 2.38. The summed E-state index contributed by atoms with van der Waals surface area (Å²) >= 11 is 0. The van der Waals surface area contributed by atoms with Gasteiger partial charge >= 0.3 is 0 Å². The molecule has 3 rings (SSSR count). The predicted octanol–water partition coefficient (Wildman–Crippen LogP) is 4.51. The van der Waals surface area contributed by atoms with Crippen LogP contribution in [0.2, 0.25) is 0 Å². The van der Waals surface area contributed by atoms with Crippen molar-refractivity contribution >= 4 is 11.4 Å². The minimum absolute atomic E-state index is 0.803. The highest BCUT2D eigenvalue weighted by Crippen LogP contribution is 2.46. The molecule has 0 saturated heterocycles. The molecule has 0 radical (unpaired) electrons. The van der Waals surface area contributed by atoms with E-state index < -0.39 is 0 Å². The van der Waals surface area contributed by atoms with Crippen LogP contribution in [-0.4, -0.2) is 6.54 Å². The molecule has 0 aromatic heterocycles. The van der Waals surface area contributed by atoms with Gasteiger partial charge in [0.05, 0.1) is 11.4 Å². The normalized spacial score (nSPS) is 12.4. The van der Waals surface area contributed by atoms with E-state index in [0.717, 1.165) is 35.0 Å². The summed E-state index contributed by atoms with van der Waals surface area (Å²) in [5.41, 5.74) is 3.32. The van der Waals surface area contributed by atoms with E-state index in [-0.39, 0.29) is 0 Å². The number of anilines is 2. The first kappa shape index (κ1) is 10.9. The van der Waals surface area contributed by atoms with Gasteiger partial charge in [-0.05, 0) is 31.2 Å². The molecule has 1 aliphatic rings. The fourth-order valence-corrected chi connectivity index (χ4v) is 2.22. The summed E-state index contributed by atoms with van der Waals surface area (Å²) < 4.78 is 5.92. The van der Waals surface area contributed by atoms with Gasteiger partial charge in [-0.25, -0.2) is 0 Å². The Labute approximate surface area is 107 Å². The molecule has 0 aliphatic carbocycles. The van der Waals surface area contributed by atoms with Gasteiger partial charge in [-0.3, -0.25) is 0 Å². The Morgan fingerprint density at radius 3 is 2.00 bits per heavy atom. The van der Waals surface area contributed by atoms with Crippen molar-refractivity contribution in [3.8, 4) is 11.5 Å². The quantitative estimate of drug-likeness (QED) is 0.713. The Morgan fingerprint density at radius 1 is 1.00 bits per heavy atom. The molecule has 0 N–H and O–H groups in total. The summed E-state index contributed by atoms with van der Waals surface area (Å²) in [6.45, 7) is 6.86. The van der Waals surface area contributed by atoms with E-state index in [2.05, 4.69) is 23.6 Å². The molecule has 2 aromatic carbocycles. The highest BCUT2D eigenvalue weighted by Gasteiger charge is 2.23. The van der Waals surface area contributed by atoms with Gasteiger partial charge in [-0.15, -0.1) is 0 Å². The molecule has 0 fully saturated rings. The Hall–Kier alpha value is -2.22. The molecule has 2 nitrogen and oxygen atoms in total. The number of fused-ring (bicyclic) bond motifs is 2. The van der Waals surface area contributed by atoms with Crippen LogP contribution in [0.15, 0.2) is 60.7 Å². The molecular weight excluding hydrogens is 222 g/mol. The fourth-order valence-electron chi connectivity index (χ4n) is 2.22. The van der Waals surface area contributed by atoms with Crippen LogP contribution in [0.3, 0.4) is 0 Å². The summed E-state index contributed by atoms with van der Waals surface area (Å²) in [5.74, 6) is 1.80. The standard InChI is InChI=1S/C16H15NO/c1-12(2)11-17-13-7-3-5-9-15(13)18-16-10-6-4-8-14(16)17/h3-10H,1,11H2,2H3. The molecule has 0 atom stereocenters. The van der Waals surface area contributed by atoms with Crippen molar-refractivity contribution in [3.63, 3.8) is 0 Å². The van der Waals surface area contributed by atoms with Gasteiger partial charge in [0, 0.05) is 6.54 Å². The molecule has 0 spiro atoms. The smallest absolute Gasteiger partial charge is 0.151 e. The third kappa shape index (κ3) is 1.76. The van der Waals surface area contributed by atoms with Gasteiger partial charge < -0.3 is 9.64 Å². The van der Waals surface area contributed by atoms with Crippen LogP contribution in [0.25, 0.3) is 0 Å². The molecule has 18 heavy (non-hydrogen) atoms. The first-order chi connectivity index (χ1) is 8.75. The van der Waals surface area contributed by atoms with Crippen LogP contribution in [0.1, 0.15) is 6.92 Å². The molecule has 2 aromatic rings. The lowest BCUT2D eigenvalue weighted by Gasteiger charge is -2.32. The van der Waals surface area contributed by atoms with Gasteiger partial charge in [0.2, 0.25) is 0 Å². The van der Waals surface area contributed by atoms with E-state index in [1.807, 2.05) is 43.3 Å². The number of rotatable bonds is 2. The molecule has 0 saturated carbocycles. The minimum atomic E-state index is 0.803. The molecular formula is C16H15NO. The van der Waals surface area contributed by atoms with Crippen molar-refractivity contribution in [2.75, 3.05) is 11.4 Å². The maximum absolute atomic E-state index is 5.92. The predicted molar refractivity (Wildman–Crippen MR) is 74.8 cm³/mol. The van der Waals surface area contributed by atoms with Crippen LogP contribution in [0, 0.1) is 0 Å². The number of para-hydroxylation sites is 4. The second kappa shape index (κ2) is 4.22. The SMILES string of the molecule is C=C(C)CN1c2ccccc2Oc2ccccc21. The van der Waals surface area contributed by atoms with Crippen molar-refractivity contribution in [1.82, 2.24) is 0 Å². The molecule has 1 aliphatic heterocycles. The van der Waals surface area contributed by atoms with E-state index in [9.17, 15) is 0 Å². The average molecular weight is 237 g/mol. The van der Waals surface area contributed by atoms with E-state index in [1.54, 1.807) is 0 Å². The Balaban J connectivity index is 2.14. The molecule has 90 valence electrons. The van der Waals surface area contributed by atoms with Crippen LogP contribution < -0.4 is 9.64 Å². The zero-order chi connectivity index (χ0) is 12.5. The number of hydrogen-bond donors (Lipinski definition) is 0. The minimum Gasteiger partial charge on any atom is -0.453 e. The van der Waals surface area contributed by atoms with Gasteiger partial charge in [0.1, 0.15) is 0 Å². The fraction of sp³-hybridized carbons (Fsp3) is 0.125. The monoisotopic (exact) mass is 237 g/mol. The Morgan fingerprint density at radius 2 is 1.50 bits per heavy atom. The number of ether oxygens (including phenoxy) is 1. The molecule has 0 bridgehead atoms. The Kier molecular flexibility index (Phi) is 2.56. The largest absolute Gasteiger partial charge is 0.453 e. The van der Waals surface area contributed by atoms with Crippen molar-refractivity contribution in [2.45, 2.75) is 6.92 Å². The van der Waals surface area contributed by atoms with Crippen LogP contribution in [0.5, 0.6) is 11.5 Å². The third-order valence-electron chi connectivity index (χ3n) is 2.96. The lowest BCUT2D eigenvalue weighted by molar-refractivity contribution is 0.474. The van der Waals surface area contributed by atoms with Crippen molar-refractivity contribution in [3.05, 3.63) is 60.7 Å². The van der Waals surface area contributed by atoms with Crippen LogP contribution >= 0.6 is 0 Å². The maximum Gasteiger partial charge on any atom is 0.151 e. The summed E-state index contributed by atoms with van der Waals surface area (Å²) in [5, 5.41) is 0. The number of benzene rings is 2. The van der Waals surface area contributed by atoms with Gasteiger partial charge in [-0.1, -0.05) is 36.4 Å². The highest BCUT2D eigenvalue weighted by atomic mass is 16.5. The molecule has 0 amide bonds. The third-order valence-corrected chi connectivity index (χ3v) is 2.96. The summed E-state index contributed by atoms with van der Waals surface area (Å²) in [4.78, 5) is 2.25. The van der Waals surface area contributed by atoms with Gasteiger partial charge in [0.25, 0.3) is 0 Å². The molecule has 2 heteroatoms.